The summed E-state index contributed by atoms with van der Waals surface area (Å²) in [6.07, 6.45) is 0.855. The Labute approximate surface area is 198 Å². The summed E-state index contributed by atoms with van der Waals surface area (Å²) in [4.78, 5) is 17.6. The Morgan fingerprint density at radius 3 is 2.36 bits per heavy atom. The van der Waals surface area contributed by atoms with Crippen molar-refractivity contribution < 1.29 is 13.2 Å². The van der Waals surface area contributed by atoms with Crippen molar-refractivity contribution in [3.63, 3.8) is 0 Å². The van der Waals surface area contributed by atoms with Gasteiger partial charge in [0.2, 0.25) is 10.0 Å². The zero-order valence-electron chi connectivity index (χ0n) is 20.0. The molecule has 1 fully saturated rings. The summed E-state index contributed by atoms with van der Waals surface area (Å²) in [5, 5.41) is 2.93. The highest BCUT2D eigenvalue weighted by Gasteiger charge is 2.22. The Bertz CT molecular complexity index is 1030. The summed E-state index contributed by atoms with van der Waals surface area (Å²) in [5.74, 6) is -0.240. The highest BCUT2D eigenvalue weighted by molar-refractivity contribution is 7.89. The molecule has 1 aliphatic rings. The molecule has 8 heteroatoms. The third-order valence-electron chi connectivity index (χ3n) is 6.12. The minimum atomic E-state index is -3.58. The fourth-order valence-corrected chi connectivity index (χ4v) is 5.68. The molecule has 1 heterocycles. The van der Waals surface area contributed by atoms with Crippen LogP contribution in [0.4, 0.5) is 5.69 Å². The number of aryl methyl sites for hydroxylation is 1. The van der Waals surface area contributed by atoms with E-state index in [1.807, 2.05) is 0 Å². The molecule has 3 rings (SSSR count). The van der Waals surface area contributed by atoms with Gasteiger partial charge in [0.15, 0.2) is 0 Å². The van der Waals surface area contributed by atoms with Crippen molar-refractivity contribution in [3.05, 3.63) is 59.7 Å². The number of hydrogen-bond donors (Lipinski definition) is 1. The number of amides is 1. The van der Waals surface area contributed by atoms with Crippen LogP contribution in [0.3, 0.4) is 0 Å². The largest absolute Gasteiger partial charge is 0.369 e. The van der Waals surface area contributed by atoms with E-state index >= 15 is 0 Å². The smallest absolute Gasteiger partial charge is 0.251 e. The molecule has 0 aromatic heterocycles. The second-order valence-electron chi connectivity index (χ2n) is 8.39. The first kappa shape index (κ1) is 25.2. The summed E-state index contributed by atoms with van der Waals surface area (Å²) < 4.78 is 26.8. The van der Waals surface area contributed by atoms with E-state index < -0.39 is 10.0 Å². The Morgan fingerprint density at radius 1 is 1.00 bits per heavy atom. The fourth-order valence-electron chi connectivity index (χ4n) is 4.17. The Hall–Kier alpha value is -2.42. The fraction of sp³-hybridized carbons (Fsp3) is 0.480. The first-order chi connectivity index (χ1) is 15.8. The summed E-state index contributed by atoms with van der Waals surface area (Å²) in [6.45, 7) is 12.0. The number of sulfonamides is 1. The molecule has 1 amide bonds. The maximum absolute atomic E-state index is 12.7. The summed E-state index contributed by atoms with van der Waals surface area (Å²) in [6, 6.07) is 14.9. The molecule has 1 aliphatic heterocycles. The molecule has 33 heavy (non-hydrogen) atoms. The summed E-state index contributed by atoms with van der Waals surface area (Å²) >= 11 is 0. The van der Waals surface area contributed by atoms with E-state index in [0.29, 0.717) is 25.2 Å². The first-order valence-electron chi connectivity index (χ1n) is 11.8. The van der Waals surface area contributed by atoms with E-state index in [0.717, 1.165) is 39.1 Å². The van der Waals surface area contributed by atoms with Gasteiger partial charge in [0.05, 0.1) is 4.90 Å². The van der Waals surface area contributed by atoms with Crippen LogP contribution >= 0.6 is 0 Å². The molecule has 1 N–H and O–H groups in total. The lowest BCUT2D eigenvalue weighted by Crippen LogP contribution is -2.47. The van der Waals surface area contributed by atoms with Crippen molar-refractivity contribution in [1.82, 2.24) is 14.5 Å². The predicted molar refractivity (Wildman–Crippen MR) is 133 cm³/mol. The molecule has 180 valence electrons. The Kier molecular flexibility index (Phi) is 8.88. The minimum absolute atomic E-state index is 0.158. The standard InChI is InChI=1S/C25H36N4O3S/c1-4-29(5-2)33(31,32)24-12-7-10-22(20-24)25(30)26-13-8-14-27-15-17-28(18-16-27)23-11-6-9-21(3)19-23/h6-7,9-12,19-20H,4-5,8,13-18H2,1-3H3,(H,26,30). The van der Waals surface area contributed by atoms with Gasteiger partial charge in [-0.3, -0.25) is 9.69 Å². The van der Waals surface area contributed by atoms with Crippen LogP contribution < -0.4 is 10.2 Å². The third kappa shape index (κ3) is 6.56. The number of carbonyl (C=O) groups excluding carboxylic acids is 1. The average molecular weight is 473 g/mol. The second-order valence-corrected chi connectivity index (χ2v) is 10.3. The monoisotopic (exact) mass is 472 g/mol. The van der Waals surface area contributed by atoms with Gasteiger partial charge in [-0.25, -0.2) is 8.42 Å². The van der Waals surface area contributed by atoms with E-state index in [4.69, 9.17) is 0 Å². The van der Waals surface area contributed by atoms with Gasteiger partial charge >= 0.3 is 0 Å². The van der Waals surface area contributed by atoms with E-state index in [2.05, 4.69) is 46.3 Å². The van der Waals surface area contributed by atoms with Crippen LogP contribution in [0.25, 0.3) is 0 Å². The molecule has 0 radical (unpaired) electrons. The van der Waals surface area contributed by atoms with Crippen molar-refractivity contribution >= 4 is 21.6 Å². The zero-order chi connectivity index (χ0) is 23.8. The number of rotatable bonds is 10. The van der Waals surface area contributed by atoms with Crippen molar-refractivity contribution in [2.75, 3.05) is 57.3 Å². The van der Waals surface area contributed by atoms with Gasteiger partial charge in [-0.15, -0.1) is 0 Å². The van der Waals surface area contributed by atoms with E-state index in [9.17, 15) is 13.2 Å². The number of nitrogens with one attached hydrogen (secondary N) is 1. The lowest BCUT2D eigenvalue weighted by molar-refractivity contribution is 0.0951. The maximum atomic E-state index is 12.7. The van der Waals surface area contributed by atoms with Crippen LogP contribution in [-0.2, 0) is 10.0 Å². The predicted octanol–water partition coefficient (Wildman–Crippen LogP) is 2.97. The van der Waals surface area contributed by atoms with Gasteiger partial charge in [0.1, 0.15) is 0 Å². The van der Waals surface area contributed by atoms with Crippen molar-refractivity contribution in [2.24, 2.45) is 0 Å². The maximum Gasteiger partial charge on any atom is 0.251 e. The van der Waals surface area contributed by atoms with Crippen LogP contribution in [0, 0.1) is 6.92 Å². The van der Waals surface area contributed by atoms with Gasteiger partial charge in [0, 0.05) is 57.1 Å². The van der Waals surface area contributed by atoms with Crippen LogP contribution in [0.1, 0.15) is 36.2 Å². The normalized spacial score (nSPS) is 15.1. The van der Waals surface area contributed by atoms with Gasteiger partial charge in [-0.2, -0.15) is 4.31 Å². The van der Waals surface area contributed by atoms with Crippen molar-refractivity contribution in [1.29, 1.82) is 0 Å². The first-order valence-corrected chi connectivity index (χ1v) is 13.2. The van der Waals surface area contributed by atoms with Gasteiger partial charge in [-0.05, 0) is 55.8 Å². The molecular weight excluding hydrogens is 436 g/mol. The molecule has 7 nitrogen and oxygen atoms in total. The van der Waals surface area contributed by atoms with Crippen LogP contribution in [0.2, 0.25) is 0 Å². The zero-order valence-corrected chi connectivity index (χ0v) is 20.8. The molecule has 0 saturated carbocycles. The quantitative estimate of drug-likeness (QED) is 0.538. The lowest BCUT2D eigenvalue weighted by atomic mass is 10.2. The minimum Gasteiger partial charge on any atom is -0.369 e. The molecule has 1 saturated heterocycles. The van der Waals surface area contributed by atoms with Gasteiger partial charge in [-0.1, -0.05) is 32.0 Å². The van der Waals surface area contributed by atoms with Crippen molar-refractivity contribution in [2.45, 2.75) is 32.1 Å². The number of benzene rings is 2. The van der Waals surface area contributed by atoms with E-state index in [1.165, 1.54) is 21.6 Å². The van der Waals surface area contributed by atoms with E-state index in [-0.39, 0.29) is 10.8 Å². The molecular formula is C25H36N4O3S. The topological polar surface area (TPSA) is 73.0 Å². The highest BCUT2D eigenvalue weighted by Crippen LogP contribution is 2.18. The van der Waals surface area contributed by atoms with Gasteiger partial charge in [0.25, 0.3) is 5.91 Å². The molecule has 0 aliphatic carbocycles. The molecule has 2 aromatic carbocycles. The Morgan fingerprint density at radius 2 is 1.70 bits per heavy atom. The summed E-state index contributed by atoms with van der Waals surface area (Å²) in [7, 11) is -3.58. The van der Waals surface area contributed by atoms with Gasteiger partial charge < -0.3 is 10.2 Å². The molecule has 0 unspecified atom stereocenters. The average Bonchev–Trinajstić information content (AvgIpc) is 2.83. The van der Waals surface area contributed by atoms with Crippen LogP contribution in [0.15, 0.2) is 53.4 Å². The number of hydrogen-bond acceptors (Lipinski definition) is 5. The number of carbonyl (C=O) groups is 1. The number of anilines is 1. The molecule has 0 spiro atoms. The lowest BCUT2D eigenvalue weighted by Gasteiger charge is -2.36. The molecule has 0 atom stereocenters. The van der Waals surface area contributed by atoms with E-state index in [1.54, 1.807) is 32.0 Å². The van der Waals surface area contributed by atoms with Crippen LogP contribution in [0.5, 0.6) is 0 Å². The molecule has 0 bridgehead atoms. The number of nitrogens with zero attached hydrogens (tertiary/aromatic N) is 3. The third-order valence-corrected chi connectivity index (χ3v) is 8.16. The van der Waals surface area contributed by atoms with Crippen LogP contribution in [-0.4, -0.2) is 75.9 Å². The second kappa shape index (κ2) is 11.6. The summed E-state index contributed by atoms with van der Waals surface area (Å²) in [5.41, 5.74) is 2.93. The van der Waals surface area contributed by atoms with Crippen molar-refractivity contribution in [3.8, 4) is 0 Å². The molecule has 2 aromatic rings. The Balaban J connectivity index is 1.44. The number of piperazine rings is 1. The highest BCUT2D eigenvalue weighted by atomic mass is 32.2. The SMILES string of the molecule is CCN(CC)S(=O)(=O)c1cccc(C(=O)NCCCN2CCN(c3cccc(C)c3)CC2)c1.